The van der Waals surface area contributed by atoms with Gasteiger partial charge in [0.15, 0.2) is 0 Å². The maximum absolute atomic E-state index is 3.73. The first-order valence-corrected chi connectivity index (χ1v) is 5.16. The minimum Gasteiger partial charge on any atom is -0.383 e. The van der Waals surface area contributed by atoms with Crippen molar-refractivity contribution in [2.45, 2.75) is 32.7 Å². The van der Waals surface area contributed by atoms with Gasteiger partial charge in [-0.3, -0.25) is 0 Å². The Morgan fingerprint density at radius 3 is 2.93 bits per heavy atom. The molecular weight excluding hydrogens is 170 g/mol. The highest BCUT2D eigenvalue weighted by atomic mass is 14.9. The number of allylic oxidation sites excluding steroid dienone is 1. The van der Waals surface area contributed by atoms with Gasteiger partial charge in [-0.25, -0.2) is 0 Å². The molecule has 0 aliphatic carbocycles. The van der Waals surface area contributed by atoms with Crippen LogP contribution in [0.5, 0.6) is 0 Å². The summed E-state index contributed by atoms with van der Waals surface area (Å²) >= 11 is 0. The molecule has 1 heteroatoms. The Hall–Kier alpha value is -1.24. The Labute approximate surface area is 86.8 Å². The van der Waals surface area contributed by atoms with Crippen LogP contribution < -0.4 is 5.32 Å². The van der Waals surface area contributed by atoms with Crippen molar-refractivity contribution in [1.82, 2.24) is 0 Å². The molecule has 0 aliphatic heterocycles. The highest BCUT2D eigenvalue weighted by Crippen LogP contribution is 2.12. The molecule has 0 aromatic heterocycles. The first-order chi connectivity index (χ1) is 6.72. The fourth-order valence-electron chi connectivity index (χ4n) is 1.46. The molecule has 0 saturated heterocycles. The Balaban J connectivity index is 2.47. The lowest BCUT2D eigenvalue weighted by atomic mass is 10.1. The van der Waals surface area contributed by atoms with E-state index in [2.05, 4.69) is 50.0 Å². The summed E-state index contributed by atoms with van der Waals surface area (Å²) in [6.45, 7) is 8.04. The summed E-state index contributed by atoms with van der Waals surface area (Å²) in [5, 5.41) is 3.47. The van der Waals surface area contributed by atoms with Crippen molar-refractivity contribution in [2.24, 2.45) is 0 Å². The van der Waals surface area contributed by atoms with E-state index in [1.807, 2.05) is 6.08 Å². The minimum absolute atomic E-state index is 0.509. The quantitative estimate of drug-likeness (QED) is 0.695. The van der Waals surface area contributed by atoms with E-state index in [0.717, 1.165) is 12.8 Å². The number of aryl methyl sites for hydroxylation is 1. The zero-order valence-corrected chi connectivity index (χ0v) is 9.09. The second kappa shape index (κ2) is 5.48. The molecule has 0 amide bonds. The summed E-state index contributed by atoms with van der Waals surface area (Å²) < 4.78 is 0. The fraction of sp³-hybridized carbons (Fsp3) is 0.385. The molecule has 1 N–H and O–H groups in total. The predicted octanol–water partition coefficient (Wildman–Crippen LogP) is 3.76. The van der Waals surface area contributed by atoms with Gasteiger partial charge in [0.2, 0.25) is 0 Å². The zero-order chi connectivity index (χ0) is 10.4. The third-order valence-electron chi connectivity index (χ3n) is 2.23. The van der Waals surface area contributed by atoms with Gasteiger partial charge in [0.25, 0.3) is 0 Å². The third kappa shape index (κ3) is 3.65. The summed E-state index contributed by atoms with van der Waals surface area (Å²) in [6, 6.07) is 8.98. The largest absolute Gasteiger partial charge is 0.383 e. The lowest BCUT2D eigenvalue weighted by Gasteiger charge is -2.14. The van der Waals surface area contributed by atoms with Crippen LogP contribution in [-0.2, 0) is 0 Å². The first-order valence-electron chi connectivity index (χ1n) is 5.16. The molecule has 14 heavy (non-hydrogen) atoms. The van der Waals surface area contributed by atoms with Crippen LogP contribution >= 0.6 is 0 Å². The molecule has 0 heterocycles. The van der Waals surface area contributed by atoms with Crippen LogP contribution in [0.25, 0.3) is 0 Å². The molecule has 0 fully saturated rings. The topological polar surface area (TPSA) is 12.0 Å². The second-order valence-electron chi connectivity index (χ2n) is 3.78. The Kier molecular flexibility index (Phi) is 4.24. The maximum Gasteiger partial charge on any atom is 0.0344 e. The Bertz CT molecular complexity index is 291. The molecule has 1 unspecified atom stereocenters. The van der Waals surface area contributed by atoms with Crippen molar-refractivity contribution >= 4 is 5.69 Å². The number of anilines is 1. The van der Waals surface area contributed by atoms with Crippen LogP contribution in [0.1, 0.15) is 25.3 Å². The first kappa shape index (κ1) is 10.8. The van der Waals surface area contributed by atoms with Crippen LogP contribution in [0.3, 0.4) is 0 Å². The Morgan fingerprint density at radius 2 is 2.29 bits per heavy atom. The summed E-state index contributed by atoms with van der Waals surface area (Å²) in [7, 11) is 0. The van der Waals surface area contributed by atoms with E-state index in [4.69, 9.17) is 0 Å². The highest BCUT2D eigenvalue weighted by molar-refractivity contribution is 5.45. The van der Waals surface area contributed by atoms with Crippen LogP contribution in [0.15, 0.2) is 36.9 Å². The molecule has 1 rings (SSSR count). The molecule has 0 saturated carbocycles. The summed E-state index contributed by atoms with van der Waals surface area (Å²) in [6.07, 6.45) is 4.17. The van der Waals surface area contributed by atoms with Crippen molar-refractivity contribution in [3.63, 3.8) is 0 Å². The number of nitrogens with one attached hydrogen (secondary N) is 1. The maximum atomic E-state index is 3.73. The minimum atomic E-state index is 0.509. The molecule has 0 aliphatic rings. The van der Waals surface area contributed by atoms with Gasteiger partial charge >= 0.3 is 0 Å². The average Bonchev–Trinajstić information content (AvgIpc) is 2.15. The van der Waals surface area contributed by atoms with Crippen LogP contribution in [0.4, 0.5) is 5.69 Å². The molecule has 0 radical (unpaired) electrons. The fourth-order valence-corrected chi connectivity index (χ4v) is 1.46. The van der Waals surface area contributed by atoms with E-state index in [9.17, 15) is 0 Å². The Morgan fingerprint density at radius 1 is 1.50 bits per heavy atom. The van der Waals surface area contributed by atoms with Crippen molar-refractivity contribution in [1.29, 1.82) is 0 Å². The van der Waals surface area contributed by atoms with Gasteiger partial charge in [-0.15, -0.1) is 6.58 Å². The third-order valence-corrected chi connectivity index (χ3v) is 2.23. The number of hydrogen-bond donors (Lipinski definition) is 1. The molecule has 76 valence electrons. The van der Waals surface area contributed by atoms with E-state index in [0.29, 0.717) is 6.04 Å². The van der Waals surface area contributed by atoms with E-state index >= 15 is 0 Å². The van der Waals surface area contributed by atoms with Crippen LogP contribution in [0.2, 0.25) is 0 Å². The highest BCUT2D eigenvalue weighted by Gasteiger charge is 1.99. The van der Waals surface area contributed by atoms with Crippen molar-refractivity contribution in [2.75, 3.05) is 5.32 Å². The van der Waals surface area contributed by atoms with Crippen LogP contribution in [-0.4, -0.2) is 6.04 Å². The van der Waals surface area contributed by atoms with Gasteiger partial charge in [-0.1, -0.05) is 18.2 Å². The average molecular weight is 189 g/mol. The van der Waals surface area contributed by atoms with E-state index in [1.54, 1.807) is 0 Å². The van der Waals surface area contributed by atoms with E-state index < -0.39 is 0 Å². The lowest BCUT2D eigenvalue weighted by molar-refractivity contribution is 0.719. The van der Waals surface area contributed by atoms with Crippen molar-refractivity contribution in [3.05, 3.63) is 42.5 Å². The molecule has 0 bridgehead atoms. The summed E-state index contributed by atoms with van der Waals surface area (Å²) in [5.41, 5.74) is 2.51. The molecule has 1 aromatic carbocycles. The van der Waals surface area contributed by atoms with Gasteiger partial charge in [0, 0.05) is 11.7 Å². The SMILES string of the molecule is C=CCCC(C)Nc1cccc(C)c1. The molecule has 1 aromatic rings. The van der Waals surface area contributed by atoms with Crippen molar-refractivity contribution in [3.8, 4) is 0 Å². The van der Waals surface area contributed by atoms with Gasteiger partial charge in [-0.2, -0.15) is 0 Å². The molecule has 0 spiro atoms. The lowest BCUT2D eigenvalue weighted by Crippen LogP contribution is -2.14. The van der Waals surface area contributed by atoms with Gasteiger partial charge in [0.1, 0.15) is 0 Å². The van der Waals surface area contributed by atoms with Gasteiger partial charge in [0.05, 0.1) is 0 Å². The van der Waals surface area contributed by atoms with Crippen LogP contribution in [0, 0.1) is 6.92 Å². The van der Waals surface area contributed by atoms with Gasteiger partial charge < -0.3 is 5.32 Å². The number of benzene rings is 1. The van der Waals surface area contributed by atoms with Gasteiger partial charge in [-0.05, 0) is 44.4 Å². The number of rotatable bonds is 5. The van der Waals surface area contributed by atoms with E-state index in [1.165, 1.54) is 11.3 Å². The monoisotopic (exact) mass is 189 g/mol. The molecular formula is C13H19N. The summed E-state index contributed by atoms with van der Waals surface area (Å²) in [5.74, 6) is 0. The predicted molar refractivity (Wildman–Crippen MR) is 63.7 cm³/mol. The normalized spacial score (nSPS) is 12.1. The molecule has 1 nitrogen and oxygen atoms in total. The van der Waals surface area contributed by atoms with Crippen molar-refractivity contribution < 1.29 is 0 Å². The standard InChI is InChI=1S/C13H19N/c1-4-5-8-12(3)14-13-9-6-7-11(2)10-13/h4,6-7,9-10,12,14H,1,5,8H2,2-3H3. The summed E-state index contributed by atoms with van der Waals surface area (Å²) in [4.78, 5) is 0. The number of hydrogen-bond acceptors (Lipinski definition) is 1. The van der Waals surface area contributed by atoms with E-state index in [-0.39, 0.29) is 0 Å². The molecule has 1 atom stereocenters. The zero-order valence-electron chi connectivity index (χ0n) is 9.09. The second-order valence-corrected chi connectivity index (χ2v) is 3.78. The smallest absolute Gasteiger partial charge is 0.0344 e.